The van der Waals surface area contributed by atoms with Crippen LogP contribution in [0.5, 0.6) is 0 Å². The summed E-state index contributed by atoms with van der Waals surface area (Å²) < 4.78 is 4.14. The van der Waals surface area contributed by atoms with E-state index in [0.717, 1.165) is 45.3 Å². The average Bonchev–Trinajstić information content (AvgIpc) is 2.92. The number of piperidine rings is 1. The van der Waals surface area contributed by atoms with Crippen LogP contribution in [-0.2, 0) is 11.3 Å². The number of aromatic nitrogens is 1. The molecule has 0 bridgehead atoms. The maximum atomic E-state index is 12.3. The van der Waals surface area contributed by atoms with Crippen molar-refractivity contribution in [1.82, 2.24) is 14.6 Å². The summed E-state index contributed by atoms with van der Waals surface area (Å²) in [5.74, 6) is 0.385. The predicted octanol–water partition coefficient (Wildman–Crippen LogP) is 2.66. The molecule has 0 aliphatic carbocycles. The van der Waals surface area contributed by atoms with E-state index in [1.165, 1.54) is 4.88 Å². The third-order valence-corrected chi connectivity index (χ3v) is 4.58. The van der Waals surface area contributed by atoms with Crippen LogP contribution in [-0.4, -0.2) is 34.3 Å². The maximum absolute atomic E-state index is 12.3. The third kappa shape index (κ3) is 4.56. The van der Waals surface area contributed by atoms with Crippen LogP contribution in [0.1, 0.15) is 44.4 Å². The lowest BCUT2D eigenvalue weighted by Gasteiger charge is -2.32. The molecule has 20 heavy (non-hydrogen) atoms. The highest BCUT2D eigenvalue weighted by molar-refractivity contribution is 7.05. The number of carbonyl (C=O) groups excluding carboxylic acids is 1. The SMILES string of the molecule is CCC[C@@H](C)NC(=O)[C@@H]1CCCN(Cc2ccns2)C1. The van der Waals surface area contributed by atoms with Gasteiger partial charge in [-0.15, -0.1) is 0 Å². The van der Waals surface area contributed by atoms with Gasteiger partial charge in [-0.05, 0) is 50.3 Å². The second-order valence-corrected chi connectivity index (χ2v) is 6.67. The Bertz CT molecular complexity index is 407. The van der Waals surface area contributed by atoms with Crippen LogP contribution in [0.3, 0.4) is 0 Å². The van der Waals surface area contributed by atoms with Gasteiger partial charge in [-0.3, -0.25) is 9.69 Å². The lowest BCUT2D eigenvalue weighted by atomic mass is 9.96. The highest BCUT2D eigenvalue weighted by atomic mass is 32.1. The van der Waals surface area contributed by atoms with Crippen molar-refractivity contribution in [1.29, 1.82) is 0 Å². The Kier molecular flexibility index (Phi) is 5.98. The number of rotatable bonds is 6. The molecular weight excluding hydrogens is 270 g/mol. The van der Waals surface area contributed by atoms with Crippen LogP contribution in [0.2, 0.25) is 0 Å². The van der Waals surface area contributed by atoms with Gasteiger partial charge in [-0.2, -0.15) is 0 Å². The number of nitrogens with zero attached hydrogens (tertiary/aromatic N) is 2. The monoisotopic (exact) mass is 295 g/mol. The minimum absolute atomic E-state index is 0.149. The van der Waals surface area contributed by atoms with Gasteiger partial charge in [0.2, 0.25) is 5.91 Å². The molecule has 1 fully saturated rings. The normalized spacial score (nSPS) is 21.6. The minimum Gasteiger partial charge on any atom is -0.353 e. The summed E-state index contributed by atoms with van der Waals surface area (Å²) in [6.45, 7) is 7.15. The summed E-state index contributed by atoms with van der Waals surface area (Å²) >= 11 is 1.55. The van der Waals surface area contributed by atoms with Crippen molar-refractivity contribution in [2.24, 2.45) is 5.92 Å². The van der Waals surface area contributed by atoms with Gasteiger partial charge in [0.25, 0.3) is 0 Å². The average molecular weight is 295 g/mol. The van der Waals surface area contributed by atoms with E-state index in [0.29, 0.717) is 6.04 Å². The Hall–Kier alpha value is -0.940. The van der Waals surface area contributed by atoms with E-state index >= 15 is 0 Å². The molecule has 2 atom stereocenters. The fourth-order valence-corrected chi connectivity index (χ4v) is 3.44. The summed E-state index contributed by atoms with van der Waals surface area (Å²) in [6.07, 6.45) is 6.15. The zero-order valence-electron chi connectivity index (χ0n) is 12.5. The number of likely N-dealkylation sites (tertiary alicyclic amines) is 1. The van der Waals surface area contributed by atoms with Crippen molar-refractivity contribution in [2.75, 3.05) is 13.1 Å². The standard InChI is InChI=1S/C15H25N3OS/c1-3-5-12(2)17-15(19)13-6-4-9-18(10-13)11-14-7-8-16-20-14/h7-8,12-13H,3-6,9-11H2,1-2H3,(H,17,19)/t12-,13-/m1/s1. The Balaban J connectivity index is 1.81. The van der Waals surface area contributed by atoms with E-state index in [1.54, 1.807) is 11.5 Å². The van der Waals surface area contributed by atoms with E-state index < -0.39 is 0 Å². The molecule has 0 radical (unpaired) electrons. The highest BCUT2D eigenvalue weighted by Gasteiger charge is 2.26. The van der Waals surface area contributed by atoms with Gasteiger partial charge in [0, 0.05) is 30.2 Å². The zero-order valence-corrected chi connectivity index (χ0v) is 13.3. The smallest absolute Gasteiger partial charge is 0.224 e. The van der Waals surface area contributed by atoms with Crippen LogP contribution >= 0.6 is 11.5 Å². The van der Waals surface area contributed by atoms with Gasteiger partial charge >= 0.3 is 0 Å². The Morgan fingerprint density at radius 3 is 3.20 bits per heavy atom. The largest absolute Gasteiger partial charge is 0.353 e. The van der Waals surface area contributed by atoms with E-state index in [1.807, 2.05) is 6.20 Å². The number of amides is 1. The van der Waals surface area contributed by atoms with Crippen molar-refractivity contribution in [2.45, 2.75) is 52.1 Å². The van der Waals surface area contributed by atoms with E-state index in [9.17, 15) is 4.79 Å². The summed E-state index contributed by atoms with van der Waals surface area (Å²) in [6, 6.07) is 2.36. The lowest BCUT2D eigenvalue weighted by molar-refractivity contribution is -0.127. The molecule has 2 heterocycles. The van der Waals surface area contributed by atoms with Crippen LogP contribution in [0.15, 0.2) is 12.3 Å². The van der Waals surface area contributed by atoms with Crippen molar-refractivity contribution in [3.63, 3.8) is 0 Å². The third-order valence-electron chi connectivity index (χ3n) is 3.86. The zero-order chi connectivity index (χ0) is 14.4. The van der Waals surface area contributed by atoms with Gasteiger partial charge in [-0.1, -0.05) is 13.3 Å². The molecule has 1 amide bonds. The number of carbonyl (C=O) groups is 1. The summed E-state index contributed by atoms with van der Waals surface area (Å²) in [4.78, 5) is 15.9. The van der Waals surface area contributed by atoms with Gasteiger partial charge in [0.05, 0.1) is 5.92 Å². The molecule has 1 saturated heterocycles. The maximum Gasteiger partial charge on any atom is 0.224 e. The van der Waals surface area contributed by atoms with Gasteiger partial charge in [0.15, 0.2) is 0 Å². The first-order chi connectivity index (χ1) is 9.69. The van der Waals surface area contributed by atoms with Crippen molar-refractivity contribution < 1.29 is 4.79 Å². The number of nitrogens with one attached hydrogen (secondary N) is 1. The first-order valence-corrected chi connectivity index (χ1v) is 8.38. The molecule has 0 unspecified atom stereocenters. The fraction of sp³-hybridized carbons (Fsp3) is 0.733. The molecule has 0 aromatic carbocycles. The van der Waals surface area contributed by atoms with E-state index in [2.05, 4.69) is 34.5 Å². The van der Waals surface area contributed by atoms with E-state index in [-0.39, 0.29) is 11.8 Å². The van der Waals surface area contributed by atoms with Crippen LogP contribution in [0, 0.1) is 5.92 Å². The number of hydrogen-bond donors (Lipinski definition) is 1. The molecule has 4 nitrogen and oxygen atoms in total. The fourth-order valence-electron chi connectivity index (χ4n) is 2.82. The first kappa shape index (κ1) is 15.4. The minimum atomic E-state index is 0.149. The van der Waals surface area contributed by atoms with Crippen LogP contribution in [0.4, 0.5) is 0 Å². The molecule has 5 heteroatoms. The van der Waals surface area contributed by atoms with Crippen molar-refractivity contribution in [3.8, 4) is 0 Å². The second kappa shape index (κ2) is 7.74. The molecule has 0 spiro atoms. The van der Waals surface area contributed by atoms with Crippen molar-refractivity contribution in [3.05, 3.63) is 17.1 Å². The molecule has 1 aliphatic rings. The Morgan fingerprint density at radius 1 is 1.65 bits per heavy atom. The summed E-state index contributed by atoms with van der Waals surface area (Å²) in [7, 11) is 0. The molecule has 2 rings (SSSR count). The summed E-state index contributed by atoms with van der Waals surface area (Å²) in [5.41, 5.74) is 0. The first-order valence-electron chi connectivity index (χ1n) is 7.61. The van der Waals surface area contributed by atoms with Crippen molar-refractivity contribution >= 4 is 17.4 Å². The predicted molar refractivity (Wildman–Crippen MR) is 82.6 cm³/mol. The Labute approximate surface area is 125 Å². The van der Waals surface area contributed by atoms with Crippen LogP contribution < -0.4 is 5.32 Å². The molecule has 1 aromatic heterocycles. The lowest BCUT2D eigenvalue weighted by Crippen LogP contribution is -2.44. The Morgan fingerprint density at radius 2 is 2.50 bits per heavy atom. The topological polar surface area (TPSA) is 45.2 Å². The van der Waals surface area contributed by atoms with Gasteiger partial charge in [0.1, 0.15) is 0 Å². The molecule has 0 saturated carbocycles. The summed E-state index contributed by atoms with van der Waals surface area (Å²) in [5, 5.41) is 3.15. The van der Waals surface area contributed by atoms with Crippen LogP contribution in [0.25, 0.3) is 0 Å². The van der Waals surface area contributed by atoms with Gasteiger partial charge < -0.3 is 5.32 Å². The second-order valence-electron chi connectivity index (χ2n) is 5.75. The number of hydrogen-bond acceptors (Lipinski definition) is 4. The van der Waals surface area contributed by atoms with E-state index in [4.69, 9.17) is 0 Å². The quantitative estimate of drug-likeness (QED) is 0.877. The molecule has 1 aromatic rings. The van der Waals surface area contributed by atoms with Gasteiger partial charge in [-0.25, -0.2) is 4.37 Å². The molecule has 112 valence electrons. The highest BCUT2D eigenvalue weighted by Crippen LogP contribution is 2.20. The molecule has 1 N–H and O–H groups in total. The molecule has 1 aliphatic heterocycles. The molecular formula is C15H25N3OS.